The molecule has 1 saturated heterocycles. The summed E-state index contributed by atoms with van der Waals surface area (Å²) in [5, 5.41) is 13.1. The lowest BCUT2D eigenvalue weighted by atomic mass is 10.1. The fourth-order valence-corrected chi connectivity index (χ4v) is 3.39. The summed E-state index contributed by atoms with van der Waals surface area (Å²) in [7, 11) is 0. The summed E-state index contributed by atoms with van der Waals surface area (Å²) in [4.78, 5) is 2.14. The van der Waals surface area contributed by atoms with E-state index in [1.165, 1.54) is 22.9 Å². The summed E-state index contributed by atoms with van der Waals surface area (Å²) in [6, 6.07) is 12.5. The molecule has 0 aliphatic carbocycles. The highest BCUT2D eigenvalue weighted by atomic mass is 19.1. The first-order valence-corrected chi connectivity index (χ1v) is 8.67. The molecule has 0 radical (unpaired) electrons. The monoisotopic (exact) mass is 365 g/mol. The van der Waals surface area contributed by atoms with Gasteiger partial charge in [0.2, 0.25) is 0 Å². The molecule has 2 heterocycles. The topological polar surface area (TPSA) is 70.9 Å². The Balaban J connectivity index is 1.77. The van der Waals surface area contributed by atoms with Crippen LogP contribution in [0.5, 0.6) is 0 Å². The third-order valence-electron chi connectivity index (χ3n) is 4.74. The van der Waals surface area contributed by atoms with Crippen LogP contribution in [0.3, 0.4) is 0 Å². The molecule has 136 valence electrons. The van der Waals surface area contributed by atoms with Gasteiger partial charge in [0.05, 0.1) is 11.3 Å². The van der Waals surface area contributed by atoms with E-state index in [1.807, 2.05) is 6.07 Å². The van der Waals surface area contributed by atoms with Crippen molar-refractivity contribution in [3.8, 4) is 23.0 Å². The summed E-state index contributed by atoms with van der Waals surface area (Å²) < 4.78 is 30.2. The highest BCUT2D eigenvalue weighted by molar-refractivity contribution is 5.67. The number of rotatable bonds is 3. The van der Waals surface area contributed by atoms with Crippen molar-refractivity contribution in [3.05, 3.63) is 59.7 Å². The number of nitrogens with two attached hydrogens (primary N) is 1. The fourth-order valence-electron chi connectivity index (χ4n) is 3.39. The Hall–Kier alpha value is -3.40. The Morgan fingerprint density at radius 2 is 1.78 bits per heavy atom. The van der Waals surface area contributed by atoms with Gasteiger partial charge in [-0.2, -0.15) is 10.4 Å². The lowest BCUT2D eigenvalue weighted by Crippen LogP contribution is -2.18. The zero-order chi connectivity index (χ0) is 19.0. The van der Waals surface area contributed by atoms with Gasteiger partial charge in [0.15, 0.2) is 5.82 Å². The SMILES string of the molecule is N#Cc1ccc(-c2cc(N)nn2-c2ccc(N3CCCC3)cc2F)cc1F. The number of nitrogens with zero attached hydrogens (tertiary/aromatic N) is 4. The molecule has 0 amide bonds. The predicted molar refractivity (Wildman–Crippen MR) is 99.5 cm³/mol. The van der Waals surface area contributed by atoms with Crippen LogP contribution in [-0.2, 0) is 0 Å². The average molecular weight is 365 g/mol. The largest absolute Gasteiger partial charge is 0.382 e. The van der Waals surface area contributed by atoms with Gasteiger partial charge in [0.1, 0.15) is 23.4 Å². The van der Waals surface area contributed by atoms with Crippen LogP contribution in [0.4, 0.5) is 20.3 Å². The average Bonchev–Trinajstić information content (AvgIpc) is 3.31. The van der Waals surface area contributed by atoms with Crippen LogP contribution in [0.1, 0.15) is 18.4 Å². The molecular weight excluding hydrogens is 348 g/mol. The minimum Gasteiger partial charge on any atom is -0.382 e. The molecule has 1 aliphatic rings. The van der Waals surface area contributed by atoms with E-state index < -0.39 is 11.6 Å². The van der Waals surface area contributed by atoms with Gasteiger partial charge in [0, 0.05) is 30.4 Å². The second kappa shape index (κ2) is 6.72. The highest BCUT2D eigenvalue weighted by Crippen LogP contribution is 2.30. The van der Waals surface area contributed by atoms with E-state index >= 15 is 0 Å². The van der Waals surface area contributed by atoms with E-state index in [0.29, 0.717) is 11.3 Å². The number of hydrogen-bond donors (Lipinski definition) is 1. The molecule has 5 nitrogen and oxygen atoms in total. The zero-order valence-electron chi connectivity index (χ0n) is 14.5. The molecule has 0 bridgehead atoms. The first kappa shape index (κ1) is 17.0. The highest BCUT2D eigenvalue weighted by Gasteiger charge is 2.18. The smallest absolute Gasteiger partial charge is 0.150 e. The molecule has 27 heavy (non-hydrogen) atoms. The maximum absolute atomic E-state index is 14.8. The van der Waals surface area contributed by atoms with E-state index in [4.69, 9.17) is 11.0 Å². The van der Waals surface area contributed by atoms with Gasteiger partial charge < -0.3 is 10.6 Å². The van der Waals surface area contributed by atoms with Crippen LogP contribution < -0.4 is 10.6 Å². The van der Waals surface area contributed by atoms with E-state index in [-0.39, 0.29) is 17.1 Å². The van der Waals surface area contributed by atoms with Crippen molar-refractivity contribution in [1.82, 2.24) is 9.78 Å². The van der Waals surface area contributed by atoms with Crippen LogP contribution >= 0.6 is 0 Å². The van der Waals surface area contributed by atoms with Crippen molar-refractivity contribution in [1.29, 1.82) is 5.26 Å². The van der Waals surface area contributed by atoms with Crippen molar-refractivity contribution in [2.75, 3.05) is 23.7 Å². The summed E-state index contributed by atoms with van der Waals surface area (Å²) in [5.74, 6) is -0.887. The van der Waals surface area contributed by atoms with Crippen LogP contribution in [0.15, 0.2) is 42.5 Å². The van der Waals surface area contributed by atoms with Crippen molar-refractivity contribution in [3.63, 3.8) is 0 Å². The van der Waals surface area contributed by atoms with Crippen LogP contribution in [-0.4, -0.2) is 22.9 Å². The molecule has 7 heteroatoms. The number of benzene rings is 2. The first-order valence-electron chi connectivity index (χ1n) is 8.67. The number of anilines is 2. The molecule has 4 rings (SSSR count). The minimum absolute atomic E-state index is 0.0565. The van der Waals surface area contributed by atoms with Gasteiger partial charge in [-0.3, -0.25) is 0 Å². The Morgan fingerprint density at radius 3 is 2.44 bits per heavy atom. The van der Waals surface area contributed by atoms with E-state index in [9.17, 15) is 8.78 Å². The standard InChI is InChI=1S/C20H17F2N5/c21-16-9-13(3-4-14(16)12-23)19-11-20(24)25-27(19)18-6-5-15(10-17(18)22)26-7-1-2-8-26/h3-6,9-11H,1-2,7-8H2,(H2,24,25). The zero-order valence-corrected chi connectivity index (χ0v) is 14.5. The van der Waals surface area contributed by atoms with E-state index in [2.05, 4.69) is 10.00 Å². The van der Waals surface area contributed by atoms with Crippen molar-refractivity contribution >= 4 is 11.5 Å². The maximum Gasteiger partial charge on any atom is 0.150 e. The minimum atomic E-state index is -0.647. The van der Waals surface area contributed by atoms with Crippen molar-refractivity contribution in [2.24, 2.45) is 0 Å². The summed E-state index contributed by atoms with van der Waals surface area (Å²) in [5.41, 5.74) is 7.73. The number of nitriles is 1. The molecule has 1 aliphatic heterocycles. The second-order valence-electron chi connectivity index (χ2n) is 6.50. The fraction of sp³-hybridized carbons (Fsp3) is 0.200. The Bertz CT molecular complexity index is 1050. The Labute approximate surface area is 155 Å². The molecule has 0 unspecified atom stereocenters. The summed E-state index contributed by atoms with van der Waals surface area (Å²) in [6.07, 6.45) is 2.21. The van der Waals surface area contributed by atoms with Crippen LogP contribution in [0.25, 0.3) is 16.9 Å². The molecule has 1 fully saturated rings. The van der Waals surface area contributed by atoms with Gasteiger partial charge in [0.25, 0.3) is 0 Å². The molecule has 3 aromatic rings. The maximum atomic E-state index is 14.8. The molecule has 0 atom stereocenters. The third-order valence-corrected chi connectivity index (χ3v) is 4.74. The van der Waals surface area contributed by atoms with Crippen molar-refractivity contribution < 1.29 is 8.78 Å². The molecule has 2 N–H and O–H groups in total. The van der Waals surface area contributed by atoms with Crippen LogP contribution in [0, 0.1) is 23.0 Å². The predicted octanol–water partition coefficient (Wildman–Crippen LogP) is 3.87. The normalized spacial score (nSPS) is 13.7. The van der Waals surface area contributed by atoms with Gasteiger partial charge in [-0.25, -0.2) is 13.5 Å². The molecular formula is C20H17F2N5. The number of nitrogen functional groups attached to an aromatic ring is 1. The number of aromatic nitrogens is 2. The lowest BCUT2D eigenvalue weighted by Gasteiger charge is -2.18. The van der Waals surface area contributed by atoms with E-state index in [0.717, 1.165) is 31.6 Å². The van der Waals surface area contributed by atoms with Gasteiger partial charge in [-0.15, -0.1) is 0 Å². The quantitative estimate of drug-likeness (QED) is 0.765. The summed E-state index contributed by atoms with van der Waals surface area (Å²) >= 11 is 0. The van der Waals surface area contributed by atoms with Crippen molar-refractivity contribution in [2.45, 2.75) is 12.8 Å². The van der Waals surface area contributed by atoms with Crippen LogP contribution in [0.2, 0.25) is 0 Å². The van der Waals surface area contributed by atoms with Gasteiger partial charge in [-0.1, -0.05) is 6.07 Å². The van der Waals surface area contributed by atoms with E-state index in [1.54, 1.807) is 24.3 Å². The molecule has 1 aromatic heterocycles. The molecule has 0 saturated carbocycles. The third kappa shape index (κ3) is 3.10. The van der Waals surface area contributed by atoms with Gasteiger partial charge >= 0.3 is 0 Å². The Morgan fingerprint density at radius 1 is 1.00 bits per heavy atom. The van der Waals surface area contributed by atoms with Gasteiger partial charge in [-0.05, 0) is 43.2 Å². The first-order chi connectivity index (χ1) is 13.1. The number of halogens is 2. The molecule has 0 spiro atoms. The molecule has 2 aromatic carbocycles. The number of hydrogen-bond acceptors (Lipinski definition) is 4. The lowest BCUT2D eigenvalue weighted by molar-refractivity contribution is 0.611. The summed E-state index contributed by atoms with van der Waals surface area (Å²) in [6.45, 7) is 1.84. The second-order valence-corrected chi connectivity index (χ2v) is 6.50. The Kier molecular flexibility index (Phi) is 4.24.